The third-order valence-electron chi connectivity index (χ3n) is 39.9. The summed E-state index contributed by atoms with van der Waals surface area (Å²) in [5, 5.41) is 12.2. The van der Waals surface area contributed by atoms with Gasteiger partial charge >= 0.3 is 11.9 Å². The van der Waals surface area contributed by atoms with Gasteiger partial charge in [-0.15, -0.1) is 0 Å². The Kier molecular flexibility index (Phi) is 46.4. The zero-order valence-electron chi connectivity index (χ0n) is 94.0. The van der Waals surface area contributed by atoms with Gasteiger partial charge in [0.25, 0.3) is 0 Å². The molecule has 0 bridgehead atoms. The molecule has 138 heavy (non-hydrogen) atoms. The van der Waals surface area contributed by atoms with Crippen molar-refractivity contribution in [1.29, 1.82) is 0 Å². The number of halogens is 1. The number of hydrogen-bond acceptors (Lipinski definition) is 19. The summed E-state index contributed by atoms with van der Waals surface area (Å²) >= 11 is 2.58. The average molecular weight is 2200 g/mol. The summed E-state index contributed by atoms with van der Waals surface area (Å²) in [4.78, 5) is 47.7. The van der Waals surface area contributed by atoms with E-state index in [2.05, 4.69) is 264 Å². The lowest BCUT2D eigenvalue weighted by Gasteiger charge is -2.71. The Balaban J connectivity index is 1.52. The number of alkyl halides is 1. The van der Waals surface area contributed by atoms with E-state index >= 15 is 9.59 Å². The van der Waals surface area contributed by atoms with Gasteiger partial charge in [-0.25, -0.2) is 4.79 Å². The first-order valence-corrected chi connectivity index (χ1v) is 80.6. The number of carboxylic acid groups (broad SMARTS) is 1. The minimum atomic E-state index is -3.00. The maximum Gasteiger partial charge on any atom is 0.338 e. The summed E-state index contributed by atoms with van der Waals surface area (Å²) in [5.74, 6) is -1.55. The van der Waals surface area contributed by atoms with E-state index < -0.39 is 207 Å². The third kappa shape index (κ3) is 25.3. The van der Waals surface area contributed by atoms with Crippen LogP contribution in [0.3, 0.4) is 0 Å². The van der Waals surface area contributed by atoms with Crippen LogP contribution in [-0.4, -0.2) is 214 Å². The van der Waals surface area contributed by atoms with E-state index in [4.69, 9.17) is 73.0 Å². The van der Waals surface area contributed by atoms with E-state index in [9.17, 15) is 9.90 Å². The number of benzene rings is 1. The van der Waals surface area contributed by atoms with Crippen LogP contribution in [0, 0.1) is 44.3 Å². The molecule has 0 amide bonds. The fraction of sp³-hybridized carbons (Fsp3) is 0.898. The maximum atomic E-state index is 16.9. The molecule has 0 aromatic heterocycles. The second-order valence-corrected chi connectivity index (χ2v) is 89.4. The average Bonchev–Trinajstić information content (AvgIpc) is 0.670. The number of esters is 1. The topological polar surface area (TPSA) is 219 Å². The lowest BCUT2D eigenvalue weighted by molar-refractivity contribution is -0.387. The van der Waals surface area contributed by atoms with Crippen LogP contribution >= 0.6 is 22.6 Å². The molecule has 3 aliphatic heterocycles. The number of rotatable bonds is 59. The molecule has 3 saturated carbocycles. The second kappa shape index (κ2) is 52.1. The van der Waals surface area contributed by atoms with Crippen molar-refractivity contribution in [3.8, 4) is 0 Å². The molecule has 0 spiro atoms. The molecular weight excluding hydrogens is 2000 g/mol. The molecule has 800 valence electrons. The number of fused-ring (bicyclic) bond motifs is 5. The Bertz CT molecular complexity index is 3800. The van der Waals surface area contributed by atoms with E-state index in [1.165, 1.54) is 11.9 Å². The van der Waals surface area contributed by atoms with Gasteiger partial charge in [0.2, 0.25) is 0 Å². The highest BCUT2D eigenvalue weighted by Gasteiger charge is 2.73. The van der Waals surface area contributed by atoms with E-state index in [0.29, 0.717) is 50.2 Å². The van der Waals surface area contributed by atoms with Crippen LogP contribution in [0.5, 0.6) is 0 Å². The molecule has 18 unspecified atom stereocenters. The monoisotopic (exact) mass is 2200 g/mol. The molecule has 4 aliphatic carbocycles. The van der Waals surface area contributed by atoms with E-state index in [-0.39, 0.29) is 46.4 Å². The van der Waals surface area contributed by atoms with Crippen molar-refractivity contribution in [2.75, 3.05) is 13.2 Å². The normalized spacial score (nSPS) is 32.8. The number of aliphatic carboxylic acids is 1. The number of aldehydes is 1. The maximum absolute atomic E-state index is 16.9. The van der Waals surface area contributed by atoms with Crippen molar-refractivity contribution in [2.24, 2.45) is 44.3 Å². The minimum absolute atomic E-state index is 0.0586. The molecule has 1 aromatic rings. The fourth-order valence-corrected chi connectivity index (χ4v) is 54.3. The highest BCUT2D eigenvalue weighted by Crippen LogP contribution is 2.75. The van der Waals surface area contributed by atoms with Crippen LogP contribution in [0.2, 0.25) is 163 Å². The molecule has 24 atom stereocenters. The van der Waals surface area contributed by atoms with Crippen molar-refractivity contribution >= 4 is 116 Å². The molecule has 0 radical (unpaired) electrons. The van der Waals surface area contributed by atoms with E-state index in [1.807, 2.05) is 30.3 Å². The Hall–Kier alpha value is -0.348. The van der Waals surface area contributed by atoms with Crippen LogP contribution in [0.1, 0.15) is 292 Å². The number of hydrogen-bond donors (Lipinski definition) is 1. The van der Waals surface area contributed by atoms with Crippen LogP contribution < -0.4 is 0 Å². The van der Waals surface area contributed by atoms with Crippen molar-refractivity contribution in [3.05, 3.63) is 47.5 Å². The van der Waals surface area contributed by atoms with Gasteiger partial charge < -0.3 is 82.9 Å². The van der Waals surface area contributed by atoms with Crippen LogP contribution in [0.25, 0.3) is 0 Å². The number of carboxylic acids is 1. The molecule has 8 rings (SSSR count). The van der Waals surface area contributed by atoms with Gasteiger partial charge in [-0.3, -0.25) is 4.79 Å². The zero-order valence-corrected chi connectivity index (χ0v) is 105. The quantitative estimate of drug-likeness (QED) is 0.0122. The van der Waals surface area contributed by atoms with E-state index in [0.717, 1.165) is 170 Å². The molecule has 1 N–H and O–H groups in total. The fourth-order valence-electron chi connectivity index (χ4n) is 27.0. The third-order valence-corrected chi connectivity index (χ3v) is 83.5. The number of allylic oxidation sites excluding steroid dienone is 2. The summed E-state index contributed by atoms with van der Waals surface area (Å²) in [6.45, 7) is 78.4. The van der Waals surface area contributed by atoms with Crippen LogP contribution in [0.15, 0.2) is 42.0 Å². The SMILES string of the molecule is CC[Si](CC)(CC)OCC1O[C@@H](OC2C(O[C@@H]3OCC(O[Si](CC)(CC)CC)C(O[Si](CC)(CC)CC)C3O[Si](CC)(CC)CC)C(O[Si](CC)(CC)CC)C(C(=O)OCc3ccccc3)O[C@H]2O[C@H]2CCC3(C)C(CCC4(C)C3CC=C3C(I)[C@@](CCC(C)(C)C)(C(=O)O)[C@@H](O[Si](CC)(CC)CC)CC34C)C2(C)C=O)C(O[Si](CC)(CC)CC)C(O[Si](CC)(CC)CC)C1O[Si](CC)(CC)CC. The summed E-state index contributed by atoms with van der Waals surface area (Å²) in [5.41, 5.74) is -1.64. The molecular formula is C108H205IO20Si9. The Morgan fingerprint density at radius 3 is 1.30 bits per heavy atom. The molecule has 1 aromatic carbocycles. The lowest BCUT2D eigenvalue weighted by atomic mass is 9.35. The number of carbonyl (C=O) groups excluding carboxylic acids is 2. The molecule has 30 heteroatoms. The van der Waals surface area contributed by atoms with Crippen LogP contribution in [-0.2, 0) is 94.0 Å². The zero-order chi connectivity index (χ0) is 103. The Labute approximate surface area is 865 Å². The molecule has 7 aliphatic rings. The molecule has 20 nitrogen and oxygen atoms in total. The van der Waals surface area contributed by atoms with Gasteiger partial charge in [0, 0.05) is 0 Å². The highest BCUT2D eigenvalue weighted by molar-refractivity contribution is 14.1. The first-order chi connectivity index (χ1) is 65.4. The minimum Gasteiger partial charge on any atom is -0.481 e. The summed E-state index contributed by atoms with van der Waals surface area (Å²) in [7, 11) is -23.8. The Morgan fingerprint density at radius 1 is 0.449 bits per heavy atom. The largest absolute Gasteiger partial charge is 0.481 e. The summed E-state index contributed by atoms with van der Waals surface area (Å²) < 4.78 is 130. The number of ether oxygens (including phenoxy) is 7. The van der Waals surface area contributed by atoms with Gasteiger partial charge in [-0.1, -0.05) is 300 Å². The highest BCUT2D eigenvalue weighted by atomic mass is 127. The predicted octanol–water partition coefficient (Wildman–Crippen LogP) is 29.3. The Morgan fingerprint density at radius 2 is 0.855 bits per heavy atom. The van der Waals surface area contributed by atoms with Gasteiger partial charge in [0.1, 0.15) is 73.2 Å². The lowest BCUT2D eigenvalue weighted by Crippen LogP contribution is -2.72. The van der Waals surface area contributed by atoms with Gasteiger partial charge in [0.15, 0.2) is 99.8 Å². The van der Waals surface area contributed by atoms with Crippen molar-refractivity contribution in [1.82, 2.24) is 0 Å². The van der Waals surface area contributed by atoms with Crippen molar-refractivity contribution < 1.29 is 92.5 Å². The van der Waals surface area contributed by atoms with Crippen molar-refractivity contribution in [2.45, 2.75) is 559 Å². The summed E-state index contributed by atoms with van der Waals surface area (Å²) in [6.07, 6.45) is -6.88. The van der Waals surface area contributed by atoms with Gasteiger partial charge in [0.05, 0.1) is 40.9 Å². The standard InChI is InChI=1S/C108H205IO20Si9/c1-35-130(36-2,37-3)116-78-82-88(124-133(44-10,45-11)46-12)91(126-135(50-16,51-17)52-18)96(129-138(59-25,60-26)61-27)101(117-82)121-94-90(119-99-95(128-137(56-22,57-23)58-24)89(125-134(47-13,48-14)49-15)83(77-115-99)122-131(38-4,39-5)40-6)92(127-136(53-19,54-20)55-21)93(98(111)114-76-80-65-63-62-64-66-80)120-100(94)118-86-70-71-104(31)84(105(86,32)79-110)69-72-106(33)85(104)68-67-81-97(109)108(102(112)113,74-73-103(28,29)30)87(75-107(81,106)34)123-132(41-7,42-8)43-9/h62-67,79,82-97,99-101H,35-61,68-78H2,1-34H3,(H,112,113)/t82?,83?,84?,85?,86-,87-,88?,89?,90?,91?,92?,93?,94?,95?,96?,97?,99-,100+,101-,104?,105?,106?,107?,108-/m0/s1. The molecule has 3 saturated heterocycles. The second-order valence-electron chi connectivity index (χ2n) is 45.6. The first-order valence-electron chi connectivity index (χ1n) is 56.6. The van der Waals surface area contributed by atoms with E-state index in [1.54, 1.807) is 0 Å². The molecule has 3 heterocycles. The summed E-state index contributed by atoms with van der Waals surface area (Å²) in [6, 6.07) is 33.0. The molecule has 6 fully saturated rings. The first kappa shape index (κ1) is 123. The van der Waals surface area contributed by atoms with Gasteiger partial charge in [-0.2, -0.15) is 0 Å². The predicted molar refractivity (Wildman–Crippen MR) is 595 cm³/mol. The van der Waals surface area contributed by atoms with Gasteiger partial charge in [-0.05, 0) is 254 Å². The van der Waals surface area contributed by atoms with Crippen molar-refractivity contribution in [3.63, 3.8) is 0 Å². The smallest absolute Gasteiger partial charge is 0.338 e. The number of carbonyl (C=O) groups is 3. The van der Waals surface area contributed by atoms with Crippen LogP contribution in [0.4, 0.5) is 0 Å².